The molecule has 2 aliphatic rings. The van der Waals surface area contributed by atoms with E-state index in [1.54, 1.807) is 11.0 Å². The number of amides is 1. The molecule has 2 heterocycles. The Morgan fingerprint density at radius 2 is 2.24 bits per heavy atom. The summed E-state index contributed by atoms with van der Waals surface area (Å²) in [5, 5.41) is 9.18. The van der Waals surface area contributed by atoms with Gasteiger partial charge in [0.25, 0.3) is 5.91 Å². The Hall–Kier alpha value is -2.06. The zero-order chi connectivity index (χ0) is 15.0. The summed E-state index contributed by atoms with van der Waals surface area (Å²) in [6, 6.07) is 7.26. The molecule has 0 spiro atoms. The molecular formula is C16H18N2O3. The Balaban J connectivity index is 1.95. The first-order valence-electron chi connectivity index (χ1n) is 7.21. The van der Waals surface area contributed by atoms with Crippen molar-refractivity contribution in [2.24, 2.45) is 0 Å². The summed E-state index contributed by atoms with van der Waals surface area (Å²) in [5.41, 5.74) is 1.61. The van der Waals surface area contributed by atoms with Gasteiger partial charge in [-0.25, -0.2) is 0 Å². The number of rotatable bonds is 1. The number of morpholine rings is 1. The third kappa shape index (κ3) is 2.26. The molecule has 0 unspecified atom stereocenters. The number of benzene rings is 1. The SMILES string of the molecule is C[C@@H]1Oc2c(C(=O)N3CCOC[C@@H]3C#N)cccc2[C@H]1C. The standard InChI is InChI=1S/C16H18N2O3/c1-10-11(2)21-15-13(10)4-3-5-14(15)16(19)18-6-7-20-9-12(18)8-17/h3-5,10-12H,6-7,9H2,1-2H3/t10-,11-,12-/m0/s1. The van der Waals surface area contributed by atoms with Crippen LogP contribution >= 0.6 is 0 Å². The van der Waals surface area contributed by atoms with Crippen molar-refractivity contribution in [2.45, 2.75) is 31.9 Å². The van der Waals surface area contributed by atoms with Crippen molar-refractivity contribution in [3.63, 3.8) is 0 Å². The largest absolute Gasteiger partial charge is 0.489 e. The van der Waals surface area contributed by atoms with Crippen molar-refractivity contribution in [1.82, 2.24) is 4.90 Å². The molecule has 0 bridgehead atoms. The molecule has 5 nitrogen and oxygen atoms in total. The average Bonchev–Trinajstić information content (AvgIpc) is 2.81. The first-order valence-corrected chi connectivity index (χ1v) is 7.21. The summed E-state index contributed by atoms with van der Waals surface area (Å²) in [4.78, 5) is 14.4. The van der Waals surface area contributed by atoms with E-state index in [2.05, 4.69) is 13.0 Å². The van der Waals surface area contributed by atoms with Gasteiger partial charge in [-0.15, -0.1) is 0 Å². The molecule has 110 valence electrons. The number of fused-ring (bicyclic) bond motifs is 1. The number of nitrogens with zero attached hydrogens (tertiary/aromatic N) is 2. The molecule has 0 saturated carbocycles. The van der Waals surface area contributed by atoms with Gasteiger partial charge in [0.15, 0.2) is 0 Å². The van der Waals surface area contributed by atoms with E-state index in [1.165, 1.54) is 0 Å². The van der Waals surface area contributed by atoms with Crippen LogP contribution < -0.4 is 4.74 Å². The van der Waals surface area contributed by atoms with E-state index in [1.807, 2.05) is 19.1 Å². The normalized spacial score (nSPS) is 27.7. The molecule has 1 fully saturated rings. The van der Waals surface area contributed by atoms with Crippen molar-refractivity contribution >= 4 is 5.91 Å². The van der Waals surface area contributed by atoms with Crippen LogP contribution in [0.25, 0.3) is 0 Å². The first-order chi connectivity index (χ1) is 10.1. The van der Waals surface area contributed by atoms with Crippen LogP contribution in [0.5, 0.6) is 5.75 Å². The van der Waals surface area contributed by atoms with Crippen molar-refractivity contribution in [3.05, 3.63) is 29.3 Å². The van der Waals surface area contributed by atoms with Gasteiger partial charge >= 0.3 is 0 Å². The topological polar surface area (TPSA) is 62.6 Å². The van der Waals surface area contributed by atoms with Gasteiger partial charge in [-0.1, -0.05) is 19.1 Å². The van der Waals surface area contributed by atoms with Gasteiger partial charge in [0.05, 0.1) is 24.8 Å². The molecule has 1 aromatic rings. The number of hydrogen-bond donors (Lipinski definition) is 0. The third-order valence-corrected chi connectivity index (χ3v) is 4.31. The molecule has 0 N–H and O–H groups in total. The fourth-order valence-electron chi connectivity index (χ4n) is 2.86. The maximum Gasteiger partial charge on any atom is 0.258 e. The molecule has 5 heteroatoms. The molecule has 0 aromatic heterocycles. The Bertz CT molecular complexity index is 608. The van der Waals surface area contributed by atoms with Crippen LogP contribution in [0.1, 0.15) is 35.7 Å². The maximum absolute atomic E-state index is 12.8. The molecule has 3 atom stereocenters. The smallest absolute Gasteiger partial charge is 0.258 e. The number of ether oxygens (including phenoxy) is 2. The zero-order valence-electron chi connectivity index (χ0n) is 12.2. The number of para-hydroxylation sites is 1. The van der Waals surface area contributed by atoms with Crippen LogP contribution in [0.2, 0.25) is 0 Å². The van der Waals surface area contributed by atoms with Gasteiger partial charge in [-0.2, -0.15) is 5.26 Å². The van der Waals surface area contributed by atoms with E-state index >= 15 is 0 Å². The lowest BCUT2D eigenvalue weighted by molar-refractivity contribution is 0.0130. The summed E-state index contributed by atoms with van der Waals surface area (Å²) >= 11 is 0. The minimum Gasteiger partial charge on any atom is -0.489 e. The van der Waals surface area contributed by atoms with E-state index in [0.717, 1.165) is 5.56 Å². The van der Waals surface area contributed by atoms with E-state index < -0.39 is 6.04 Å². The number of carbonyl (C=O) groups is 1. The Morgan fingerprint density at radius 1 is 1.43 bits per heavy atom. The fraction of sp³-hybridized carbons (Fsp3) is 0.500. The number of carbonyl (C=O) groups excluding carboxylic acids is 1. The van der Waals surface area contributed by atoms with E-state index in [0.29, 0.717) is 24.5 Å². The highest BCUT2D eigenvalue weighted by Crippen LogP contribution is 2.40. The van der Waals surface area contributed by atoms with Crippen LogP contribution in [-0.2, 0) is 4.74 Å². The van der Waals surface area contributed by atoms with Crippen LogP contribution in [0.15, 0.2) is 18.2 Å². The minimum atomic E-state index is -0.529. The van der Waals surface area contributed by atoms with Crippen molar-refractivity contribution in [2.75, 3.05) is 19.8 Å². The molecule has 1 amide bonds. The maximum atomic E-state index is 12.8. The van der Waals surface area contributed by atoms with Crippen molar-refractivity contribution in [3.8, 4) is 11.8 Å². The summed E-state index contributed by atoms with van der Waals surface area (Å²) in [5.74, 6) is 0.790. The molecule has 2 aliphatic heterocycles. The number of hydrogen-bond acceptors (Lipinski definition) is 4. The zero-order valence-corrected chi connectivity index (χ0v) is 12.2. The summed E-state index contributed by atoms with van der Waals surface area (Å²) < 4.78 is 11.1. The van der Waals surface area contributed by atoms with Gasteiger partial charge in [-0.05, 0) is 13.0 Å². The molecule has 3 rings (SSSR count). The van der Waals surface area contributed by atoms with Gasteiger partial charge in [0.2, 0.25) is 0 Å². The lowest BCUT2D eigenvalue weighted by atomic mass is 9.96. The van der Waals surface area contributed by atoms with Crippen LogP contribution in [0.4, 0.5) is 0 Å². The fourth-order valence-corrected chi connectivity index (χ4v) is 2.86. The predicted octanol–water partition coefficient (Wildman–Crippen LogP) is 1.94. The van der Waals surface area contributed by atoms with E-state index in [-0.39, 0.29) is 24.5 Å². The lowest BCUT2D eigenvalue weighted by Gasteiger charge is -2.31. The van der Waals surface area contributed by atoms with Crippen molar-refractivity contribution in [1.29, 1.82) is 5.26 Å². The predicted molar refractivity (Wildman–Crippen MR) is 76.2 cm³/mol. The van der Waals surface area contributed by atoms with Crippen molar-refractivity contribution < 1.29 is 14.3 Å². The summed E-state index contributed by atoms with van der Waals surface area (Å²) in [6.07, 6.45) is 0.0606. The summed E-state index contributed by atoms with van der Waals surface area (Å²) in [7, 11) is 0. The van der Waals surface area contributed by atoms with E-state index in [4.69, 9.17) is 9.47 Å². The Morgan fingerprint density at radius 3 is 3.00 bits per heavy atom. The molecule has 0 aliphatic carbocycles. The second-order valence-electron chi connectivity index (χ2n) is 5.55. The molecule has 0 radical (unpaired) electrons. The molecule has 21 heavy (non-hydrogen) atoms. The van der Waals surface area contributed by atoms with Crippen LogP contribution in [0.3, 0.4) is 0 Å². The highest BCUT2D eigenvalue weighted by atomic mass is 16.5. The van der Waals surface area contributed by atoms with Gasteiger partial charge in [-0.3, -0.25) is 4.79 Å². The highest BCUT2D eigenvalue weighted by Gasteiger charge is 2.34. The molecule has 1 saturated heterocycles. The lowest BCUT2D eigenvalue weighted by Crippen LogP contribution is -2.48. The minimum absolute atomic E-state index is 0.0606. The van der Waals surface area contributed by atoms with Crippen LogP contribution in [0, 0.1) is 11.3 Å². The Labute approximate surface area is 124 Å². The average molecular weight is 286 g/mol. The monoisotopic (exact) mass is 286 g/mol. The second-order valence-corrected chi connectivity index (χ2v) is 5.55. The van der Waals surface area contributed by atoms with Gasteiger partial charge in [0.1, 0.15) is 17.9 Å². The number of nitriles is 1. The highest BCUT2D eigenvalue weighted by molar-refractivity contribution is 5.98. The van der Waals surface area contributed by atoms with Crippen LogP contribution in [-0.4, -0.2) is 42.7 Å². The first kappa shape index (κ1) is 13.9. The third-order valence-electron chi connectivity index (χ3n) is 4.31. The van der Waals surface area contributed by atoms with Gasteiger partial charge in [0, 0.05) is 18.0 Å². The quantitative estimate of drug-likeness (QED) is 0.791. The Kier molecular flexibility index (Phi) is 3.56. The molecular weight excluding hydrogens is 268 g/mol. The van der Waals surface area contributed by atoms with E-state index in [9.17, 15) is 10.1 Å². The second kappa shape index (κ2) is 5.38. The van der Waals surface area contributed by atoms with Gasteiger partial charge < -0.3 is 14.4 Å². The summed E-state index contributed by atoms with van der Waals surface area (Å²) in [6.45, 7) is 5.27. The molecule has 1 aromatic carbocycles.